The van der Waals surface area contributed by atoms with E-state index in [-0.39, 0.29) is 5.69 Å². The molecule has 0 spiro atoms. The Labute approximate surface area is 150 Å². The minimum absolute atomic E-state index is 0.103. The molecule has 0 aliphatic heterocycles. The molecule has 0 saturated carbocycles. The molecule has 3 aromatic rings. The summed E-state index contributed by atoms with van der Waals surface area (Å²) >= 11 is 1.55. The molecule has 5 nitrogen and oxygen atoms in total. The Morgan fingerprint density at radius 2 is 1.76 bits per heavy atom. The number of rotatable bonds is 5. The highest BCUT2D eigenvalue weighted by Gasteiger charge is 2.07. The van der Waals surface area contributed by atoms with Crippen molar-refractivity contribution in [3.8, 4) is 11.3 Å². The maximum atomic E-state index is 10.7. The van der Waals surface area contributed by atoms with Crippen LogP contribution in [0, 0.1) is 24.0 Å². The Balaban J connectivity index is 1.67. The summed E-state index contributed by atoms with van der Waals surface area (Å²) in [6.45, 7) is 4.14. The van der Waals surface area contributed by atoms with Gasteiger partial charge in [-0.15, -0.1) is 10.2 Å². The second-order valence-electron chi connectivity index (χ2n) is 5.79. The Morgan fingerprint density at radius 1 is 1.00 bits per heavy atom. The van der Waals surface area contributed by atoms with E-state index in [1.54, 1.807) is 23.9 Å². The van der Waals surface area contributed by atoms with Crippen molar-refractivity contribution in [3.63, 3.8) is 0 Å². The number of non-ortho nitro benzene ring substituents is 1. The highest BCUT2D eigenvalue weighted by atomic mass is 32.2. The number of aromatic nitrogens is 2. The van der Waals surface area contributed by atoms with Gasteiger partial charge in [-0.25, -0.2) is 0 Å². The Hall–Kier alpha value is -2.73. The summed E-state index contributed by atoms with van der Waals surface area (Å²) in [6, 6.07) is 16.8. The van der Waals surface area contributed by atoms with E-state index in [0.717, 1.165) is 21.8 Å². The molecule has 0 fully saturated rings. The van der Waals surface area contributed by atoms with Gasteiger partial charge in [-0.1, -0.05) is 47.7 Å². The van der Waals surface area contributed by atoms with Crippen molar-refractivity contribution in [3.05, 3.63) is 81.4 Å². The van der Waals surface area contributed by atoms with Crippen molar-refractivity contribution < 1.29 is 4.92 Å². The Morgan fingerprint density at radius 3 is 2.36 bits per heavy atom. The average Bonchev–Trinajstić information content (AvgIpc) is 2.61. The number of nitrogens with zero attached hydrogens (tertiary/aromatic N) is 3. The second-order valence-corrected chi connectivity index (χ2v) is 6.78. The summed E-state index contributed by atoms with van der Waals surface area (Å²) in [4.78, 5) is 10.3. The third-order valence-electron chi connectivity index (χ3n) is 3.83. The molecule has 0 N–H and O–H groups in total. The van der Waals surface area contributed by atoms with E-state index in [4.69, 9.17) is 0 Å². The van der Waals surface area contributed by atoms with Crippen LogP contribution in [0.5, 0.6) is 0 Å². The van der Waals surface area contributed by atoms with Gasteiger partial charge in [0.15, 0.2) is 0 Å². The molecule has 0 saturated heterocycles. The summed E-state index contributed by atoms with van der Waals surface area (Å²) in [7, 11) is 0. The van der Waals surface area contributed by atoms with Gasteiger partial charge in [0, 0.05) is 23.4 Å². The van der Waals surface area contributed by atoms with Gasteiger partial charge in [0.25, 0.3) is 5.69 Å². The molecule has 0 aliphatic carbocycles. The normalized spacial score (nSPS) is 10.6. The van der Waals surface area contributed by atoms with Gasteiger partial charge in [0.2, 0.25) is 0 Å². The fourth-order valence-corrected chi connectivity index (χ4v) is 3.28. The van der Waals surface area contributed by atoms with Gasteiger partial charge in [0.05, 0.1) is 10.6 Å². The van der Waals surface area contributed by atoms with Gasteiger partial charge in [-0.2, -0.15) is 0 Å². The molecule has 25 heavy (non-hydrogen) atoms. The highest BCUT2D eigenvalue weighted by molar-refractivity contribution is 7.98. The van der Waals surface area contributed by atoms with Crippen molar-refractivity contribution in [1.82, 2.24) is 10.2 Å². The van der Waals surface area contributed by atoms with Crippen molar-refractivity contribution in [2.24, 2.45) is 0 Å². The molecule has 1 heterocycles. The molecule has 126 valence electrons. The summed E-state index contributed by atoms with van der Waals surface area (Å²) in [5, 5.41) is 20.1. The van der Waals surface area contributed by atoms with Crippen molar-refractivity contribution in [1.29, 1.82) is 0 Å². The minimum Gasteiger partial charge on any atom is -0.258 e. The molecule has 0 atom stereocenters. The van der Waals surface area contributed by atoms with Crippen LogP contribution in [-0.4, -0.2) is 15.1 Å². The second kappa shape index (κ2) is 7.44. The molecular formula is C19H17N3O2S. The van der Waals surface area contributed by atoms with Crippen LogP contribution in [0.2, 0.25) is 0 Å². The number of aryl methyl sites for hydroxylation is 2. The van der Waals surface area contributed by atoms with E-state index in [1.165, 1.54) is 23.3 Å². The lowest BCUT2D eigenvalue weighted by atomic mass is 10.0. The van der Waals surface area contributed by atoms with Crippen molar-refractivity contribution in [2.75, 3.05) is 0 Å². The molecule has 6 heteroatoms. The molecule has 0 aliphatic rings. The highest BCUT2D eigenvalue weighted by Crippen LogP contribution is 2.25. The van der Waals surface area contributed by atoms with Gasteiger partial charge in [-0.3, -0.25) is 10.1 Å². The zero-order valence-corrected chi connectivity index (χ0v) is 14.8. The van der Waals surface area contributed by atoms with Crippen molar-refractivity contribution >= 4 is 17.4 Å². The lowest BCUT2D eigenvalue weighted by Crippen LogP contribution is -1.92. The fraction of sp³-hybridized carbons (Fsp3) is 0.158. The smallest absolute Gasteiger partial charge is 0.258 e. The SMILES string of the molecule is Cc1ccc(-c2ccc(SCc3ccc([N+](=O)[O-])cc3)nn2)c(C)c1. The predicted octanol–water partition coefficient (Wildman–Crippen LogP) is 4.96. The largest absolute Gasteiger partial charge is 0.269 e. The number of nitro groups is 1. The molecule has 0 unspecified atom stereocenters. The molecular weight excluding hydrogens is 334 g/mol. The zero-order chi connectivity index (χ0) is 17.8. The van der Waals surface area contributed by atoms with E-state index in [1.807, 2.05) is 12.1 Å². The van der Waals surface area contributed by atoms with Crippen LogP contribution >= 0.6 is 11.8 Å². The summed E-state index contributed by atoms with van der Waals surface area (Å²) in [5.41, 5.74) is 5.47. The quantitative estimate of drug-likeness (QED) is 0.369. The molecule has 0 amide bonds. The first-order valence-corrected chi connectivity index (χ1v) is 8.79. The number of nitro benzene ring substituents is 1. The molecule has 2 aromatic carbocycles. The van der Waals surface area contributed by atoms with Crippen LogP contribution in [0.4, 0.5) is 5.69 Å². The van der Waals surface area contributed by atoms with E-state index < -0.39 is 4.92 Å². The minimum atomic E-state index is -0.395. The van der Waals surface area contributed by atoms with Crippen LogP contribution in [-0.2, 0) is 5.75 Å². The summed E-state index contributed by atoms with van der Waals surface area (Å²) < 4.78 is 0. The Kier molecular flexibility index (Phi) is 5.09. The number of hydrogen-bond donors (Lipinski definition) is 0. The van der Waals surface area contributed by atoms with Crippen LogP contribution in [0.3, 0.4) is 0 Å². The zero-order valence-electron chi connectivity index (χ0n) is 14.0. The predicted molar refractivity (Wildman–Crippen MR) is 99.6 cm³/mol. The molecule has 0 radical (unpaired) electrons. The van der Waals surface area contributed by atoms with Crippen LogP contribution in [0.25, 0.3) is 11.3 Å². The number of hydrogen-bond acceptors (Lipinski definition) is 5. The third kappa shape index (κ3) is 4.22. The Bertz CT molecular complexity index is 894. The lowest BCUT2D eigenvalue weighted by Gasteiger charge is -2.06. The first-order chi connectivity index (χ1) is 12.0. The van der Waals surface area contributed by atoms with Crippen LogP contribution < -0.4 is 0 Å². The maximum Gasteiger partial charge on any atom is 0.269 e. The van der Waals surface area contributed by atoms with E-state index >= 15 is 0 Å². The first-order valence-electron chi connectivity index (χ1n) is 7.80. The molecule has 3 rings (SSSR count). The first kappa shape index (κ1) is 17.1. The lowest BCUT2D eigenvalue weighted by molar-refractivity contribution is -0.384. The van der Waals surface area contributed by atoms with Gasteiger partial charge < -0.3 is 0 Å². The summed E-state index contributed by atoms with van der Waals surface area (Å²) in [6.07, 6.45) is 0. The molecule has 1 aromatic heterocycles. The van der Waals surface area contributed by atoms with E-state index in [2.05, 4.69) is 42.2 Å². The number of thioether (sulfide) groups is 1. The average molecular weight is 351 g/mol. The van der Waals surface area contributed by atoms with E-state index in [9.17, 15) is 10.1 Å². The standard InChI is InChI=1S/C19H17N3O2S/c1-13-3-8-17(14(2)11-13)18-9-10-19(21-20-18)25-12-15-4-6-16(7-5-15)22(23)24/h3-11H,12H2,1-2H3. The number of benzene rings is 2. The maximum absolute atomic E-state index is 10.7. The van der Waals surface area contributed by atoms with Crippen LogP contribution in [0.15, 0.2) is 59.6 Å². The third-order valence-corrected chi connectivity index (χ3v) is 4.82. The topological polar surface area (TPSA) is 68.9 Å². The van der Waals surface area contributed by atoms with Gasteiger partial charge >= 0.3 is 0 Å². The monoisotopic (exact) mass is 351 g/mol. The van der Waals surface area contributed by atoms with E-state index in [0.29, 0.717) is 5.75 Å². The van der Waals surface area contributed by atoms with Gasteiger partial charge in [0.1, 0.15) is 5.03 Å². The summed E-state index contributed by atoms with van der Waals surface area (Å²) in [5.74, 6) is 0.690. The van der Waals surface area contributed by atoms with Gasteiger partial charge in [-0.05, 0) is 37.1 Å². The molecule has 0 bridgehead atoms. The fourth-order valence-electron chi connectivity index (χ4n) is 2.51. The van der Waals surface area contributed by atoms with Crippen molar-refractivity contribution in [2.45, 2.75) is 24.6 Å². The van der Waals surface area contributed by atoms with Crippen LogP contribution in [0.1, 0.15) is 16.7 Å².